The van der Waals surface area contributed by atoms with E-state index in [2.05, 4.69) is 144 Å². The van der Waals surface area contributed by atoms with Gasteiger partial charge in [-0.25, -0.2) is 0 Å². The summed E-state index contributed by atoms with van der Waals surface area (Å²) in [7, 11) is 0. The zero-order valence-corrected chi connectivity index (χ0v) is 23.6. The van der Waals surface area contributed by atoms with Crippen molar-refractivity contribution in [3.63, 3.8) is 0 Å². The molecule has 0 unspecified atom stereocenters. The zero-order chi connectivity index (χ0) is 29.6. The summed E-state index contributed by atoms with van der Waals surface area (Å²) in [5.74, 6) is 0. The van der Waals surface area contributed by atoms with Crippen LogP contribution in [0.5, 0.6) is 0 Å². The van der Waals surface area contributed by atoms with E-state index in [1.807, 2.05) is 0 Å². The van der Waals surface area contributed by atoms with E-state index in [4.69, 9.17) is 37.2 Å². The van der Waals surface area contributed by atoms with Crippen LogP contribution < -0.4 is 8.70 Å². The third-order valence-corrected chi connectivity index (χ3v) is 8.62. The first-order chi connectivity index (χ1) is 17.9. The monoisotopic (exact) mass is 654 g/mol. The third-order valence-electron chi connectivity index (χ3n) is 3.32. The molecule has 0 atom stereocenters. The van der Waals surface area contributed by atoms with Gasteiger partial charge in [-0.2, -0.15) is 0 Å². The van der Waals surface area contributed by atoms with Crippen molar-refractivity contribution >= 4 is 23.4 Å². The van der Waals surface area contributed by atoms with Crippen molar-refractivity contribution in [1.82, 2.24) is 0 Å². The number of benzene rings is 3. The van der Waals surface area contributed by atoms with Crippen LogP contribution in [-0.4, -0.2) is 14.7 Å². The first kappa shape index (κ1) is 55.6. The molecule has 3 aromatic rings. The molecule has 11 heteroatoms. The summed E-state index contributed by atoms with van der Waals surface area (Å²) in [5, 5.41) is 1.18. The van der Waals surface area contributed by atoms with Crippen LogP contribution in [0.25, 0.3) is 0 Å². The van der Waals surface area contributed by atoms with Gasteiger partial charge in [0, 0.05) is 34.1 Å². The van der Waals surface area contributed by atoms with Gasteiger partial charge >= 0.3 is 216 Å². The van der Waals surface area contributed by atoms with Crippen molar-refractivity contribution in [1.29, 1.82) is 0 Å². The van der Waals surface area contributed by atoms with Gasteiger partial charge in [0.05, 0.1) is 0 Å². The van der Waals surface area contributed by atoms with Crippen LogP contribution in [0.1, 0.15) is 5.56 Å². The minimum absolute atomic E-state index is 0. The summed E-state index contributed by atoms with van der Waals surface area (Å²) >= 11 is -1.26. The molecule has 0 N–H and O–H groups in total. The Morgan fingerprint density at radius 2 is 0.579 bits per heavy atom. The molecule has 0 aliphatic carbocycles. The summed E-state index contributed by atoms with van der Waals surface area (Å²) < 4.78 is 63.0. The van der Waals surface area contributed by atoms with Crippen molar-refractivity contribution in [2.45, 2.75) is 5.21 Å². The van der Waals surface area contributed by atoms with E-state index in [0.717, 1.165) is 0 Å². The molecule has 0 fully saturated rings. The molecule has 0 aromatic heterocycles. The maximum absolute atomic E-state index is 7.50. The van der Waals surface area contributed by atoms with Crippen LogP contribution in [0, 0.1) is 53.2 Å². The first-order valence-corrected chi connectivity index (χ1v) is 11.7. The Hall–Kier alpha value is -2.82. The Labute approximate surface area is 248 Å². The second-order valence-electron chi connectivity index (χ2n) is 4.74. The van der Waals surface area contributed by atoms with Gasteiger partial charge in [-0.1, -0.05) is 0 Å². The fraction of sp³-hybridized carbons (Fsp3) is 0.0370. The van der Waals surface area contributed by atoms with E-state index in [-0.39, 0.29) is 34.1 Å². The second-order valence-corrected chi connectivity index (χ2v) is 9.37. The minimum atomic E-state index is -1.26. The zero-order valence-electron chi connectivity index (χ0n) is 19.3. The van der Waals surface area contributed by atoms with Crippen molar-refractivity contribution in [3.8, 4) is 0 Å². The number of rotatable bonds is 4. The maximum atomic E-state index is 7.50. The predicted octanol–water partition coefficient (Wildman–Crippen LogP) is 2.77. The summed E-state index contributed by atoms with van der Waals surface area (Å²) in [5.41, 5.74) is 1.44. The van der Waals surface area contributed by atoms with Crippen LogP contribution in [0.3, 0.4) is 0 Å². The molecule has 0 spiro atoms. The van der Waals surface area contributed by atoms with E-state index < -0.39 is 14.7 Å². The average molecular weight is 654 g/mol. The molecule has 0 heterocycles. The van der Waals surface area contributed by atoms with Crippen molar-refractivity contribution in [2.24, 2.45) is 0 Å². The van der Waals surface area contributed by atoms with Crippen molar-refractivity contribution in [2.75, 3.05) is 0 Å². The van der Waals surface area contributed by atoms with E-state index in [1.165, 1.54) is 19.5 Å². The Kier molecular flexibility index (Phi) is 86.9. The fourth-order valence-electron chi connectivity index (χ4n) is 2.31. The van der Waals surface area contributed by atoms with E-state index in [1.54, 1.807) is 0 Å². The molecular weight excluding hydrogens is 637 g/mol. The van der Waals surface area contributed by atoms with Gasteiger partial charge in [-0.3, -0.25) is 0 Å². The molecule has 38 heavy (non-hydrogen) atoms. The summed E-state index contributed by atoms with van der Waals surface area (Å²) in [6.07, 6.45) is 0. The normalized spacial score (nSPS) is 6.03. The Balaban J connectivity index is -0.0000000722. The summed E-state index contributed by atoms with van der Waals surface area (Å²) in [6.45, 7) is 36.0. The van der Waals surface area contributed by atoms with Gasteiger partial charge in [0.25, 0.3) is 0 Å². The van der Waals surface area contributed by atoms with Crippen LogP contribution in [0.4, 0.5) is 0 Å². The third kappa shape index (κ3) is 31.2. The quantitative estimate of drug-likeness (QED) is 0.230. The van der Waals surface area contributed by atoms with Crippen LogP contribution in [0.15, 0.2) is 91.0 Å². The summed E-state index contributed by atoms with van der Waals surface area (Å²) in [6, 6.07) is 32.8. The van der Waals surface area contributed by atoms with Crippen molar-refractivity contribution in [3.05, 3.63) is 150 Å². The average Bonchev–Trinajstić information content (AvgIpc) is 3.05. The van der Waals surface area contributed by atoms with Crippen LogP contribution in [0.2, 0.25) is 0 Å². The molecule has 0 aliphatic rings. The molecule has 0 saturated carbocycles. The van der Waals surface area contributed by atoms with E-state index >= 15 is 0 Å². The van der Waals surface area contributed by atoms with E-state index in [9.17, 15) is 0 Å². The fourth-order valence-corrected chi connectivity index (χ4v) is 7.15. The number of hydrogen-bond acceptors (Lipinski definition) is 0. The van der Waals surface area contributed by atoms with Crippen LogP contribution >= 0.6 is 0 Å². The first-order valence-electron chi connectivity index (χ1n) is 8.48. The van der Waals surface area contributed by atoms with Gasteiger partial charge in [0.1, 0.15) is 0 Å². The van der Waals surface area contributed by atoms with E-state index in [0.29, 0.717) is 0 Å². The Morgan fingerprint density at radius 3 is 0.816 bits per heavy atom. The molecule has 192 valence electrons. The molecule has 0 aliphatic heterocycles. The van der Waals surface area contributed by atoms with Gasteiger partial charge < -0.3 is 0 Å². The number of hydrogen-bond donors (Lipinski definition) is 0. The molecule has 3 aromatic carbocycles. The van der Waals surface area contributed by atoms with Gasteiger partial charge in [-0.05, 0) is 0 Å². The SMILES string of the molecule is [C-]#[O+].[C-]#[O+].[C-]#[O+].[C-]#[O+].[C-]#[O+].[C-]#[O+].[C-]#[O+].[C-]#[O+].[Mn].[Mn].c1ccc(C[As](c2ccccc2)c2ccccc2)cc1. The Bertz CT molecular complexity index is 887. The van der Waals surface area contributed by atoms with Gasteiger partial charge in [0.2, 0.25) is 0 Å². The summed E-state index contributed by atoms with van der Waals surface area (Å²) in [4.78, 5) is 0. The second kappa shape index (κ2) is 59.3. The molecule has 0 bridgehead atoms. The molecular formula is C27H17AsMn2O8. The standard InChI is InChI=1S/C19H17As.8CO.2Mn/c1-4-10-17(11-5-1)16-20(18-12-6-2-7-13-18)19-14-8-3-9-15-19;8*1-2;;/h1-15H,16H2;;;;;;;;;;. The molecule has 0 amide bonds. The van der Waals surface area contributed by atoms with Crippen LogP contribution in [-0.2, 0) is 76.6 Å². The van der Waals surface area contributed by atoms with Crippen molar-refractivity contribution < 1.29 is 71.4 Å². The molecule has 3 rings (SSSR count). The molecule has 2 radical (unpaired) electrons. The molecule has 0 saturated heterocycles. The van der Waals surface area contributed by atoms with Gasteiger partial charge in [-0.15, -0.1) is 0 Å². The molecule has 8 nitrogen and oxygen atoms in total. The van der Waals surface area contributed by atoms with Gasteiger partial charge in [0.15, 0.2) is 0 Å². The predicted molar refractivity (Wildman–Crippen MR) is 119 cm³/mol. The topological polar surface area (TPSA) is 159 Å². The Morgan fingerprint density at radius 1 is 0.368 bits per heavy atom.